The van der Waals surface area contributed by atoms with Gasteiger partial charge in [0.1, 0.15) is 5.56 Å². The Morgan fingerprint density at radius 2 is 2.11 bits per heavy atom. The Labute approximate surface area is 107 Å². The highest BCUT2D eigenvalue weighted by atomic mass is 16.5. The quantitative estimate of drug-likeness (QED) is 0.593. The summed E-state index contributed by atoms with van der Waals surface area (Å²) < 4.78 is 5.36. The number of aromatic carboxylic acids is 1. The van der Waals surface area contributed by atoms with Gasteiger partial charge in [0.2, 0.25) is 5.88 Å². The van der Waals surface area contributed by atoms with Crippen LogP contribution in [0, 0.1) is 0 Å². The maximum atomic E-state index is 11.3. The van der Waals surface area contributed by atoms with Crippen LogP contribution in [0.3, 0.4) is 0 Å². The number of carboxylic acids is 1. The summed E-state index contributed by atoms with van der Waals surface area (Å²) in [6.07, 6.45) is 3.59. The van der Waals surface area contributed by atoms with Gasteiger partial charge >= 0.3 is 5.97 Å². The lowest BCUT2D eigenvalue weighted by atomic mass is 10.0. The number of hydrogen-bond acceptors (Lipinski definition) is 4. The minimum atomic E-state index is -1.02. The number of carbonyl (C=O) groups is 1. The Kier molecular flexibility index (Phi) is 5.30. The van der Waals surface area contributed by atoms with E-state index in [2.05, 4.69) is 16.8 Å². The Bertz CT molecular complexity index is 444. The normalized spacial score (nSPS) is 10.1. The highest BCUT2D eigenvalue weighted by Crippen LogP contribution is 2.22. The molecule has 0 aliphatic carbocycles. The molecule has 0 atom stereocenters. The van der Waals surface area contributed by atoms with E-state index >= 15 is 0 Å². The molecule has 0 radical (unpaired) electrons. The third-order valence-corrected chi connectivity index (χ3v) is 2.59. The Hall–Kier alpha value is -1.91. The van der Waals surface area contributed by atoms with Crippen LogP contribution >= 0.6 is 0 Å². The lowest BCUT2D eigenvalue weighted by Crippen LogP contribution is -2.13. The summed E-state index contributed by atoms with van der Waals surface area (Å²) in [7, 11) is 0. The van der Waals surface area contributed by atoms with E-state index in [0.717, 1.165) is 0 Å². The minimum Gasteiger partial charge on any atom is -0.477 e. The molecule has 0 saturated carbocycles. The second-order valence-corrected chi connectivity index (χ2v) is 3.74. The smallest absolute Gasteiger partial charge is 0.341 e. The van der Waals surface area contributed by atoms with Gasteiger partial charge in [-0.3, -0.25) is 0 Å². The largest absolute Gasteiger partial charge is 0.477 e. The first-order valence-electron chi connectivity index (χ1n) is 6.01. The maximum Gasteiger partial charge on any atom is 0.341 e. The first kappa shape index (κ1) is 14.2. The third kappa shape index (κ3) is 3.06. The predicted octanol–water partition coefficient (Wildman–Crippen LogP) is 2.25. The van der Waals surface area contributed by atoms with Gasteiger partial charge in [-0.1, -0.05) is 19.9 Å². The Morgan fingerprint density at radius 3 is 2.61 bits per heavy atom. The van der Waals surface area contributed by atoms with E-state index in [4.69, 9.17) is 4.74 Å². The van der Waals surface area contributed by atoms with Crippen LogP contribution in [0.1, 0.15) is 41.9 Å². The second kappa shape index (κ2) is 6.74. The number of aromatic nitrogens is 2. The van der Waals surface area contributed by atoms with E-state index in [1.54, 1.807) is 6.08 Å². The molecule has 0 saturated heterocycles. The van der Waals surface area contributed by atoms with Crippen LogP contribution in [0.15, 0.2) is 12.7 Å². The average Bonchev–Trinajstić information content (AvgIpc) is 2.37. The number of carboxylic acid groups (broad SMARTS) is 1. The summed E-state index contributed by atoms with van der Waals surface area (Å²) in [5, 5.41) is 17.2. The summed E-state index contributed by atoms with van der Waals surface area (Å²) in [6.45, 7) is 7.76. The molecule has 0 aliphatic rings. The van der Waals surface area contributed by atoms with Crippen LogP contribution in [0.4, 0.5) is 0 Å². The van der Waals surface area contributed by atoms with Gasteiger partial charge < -0.3 is 9.84 Å². The highest BCUT2D eigenvalue weighted by molar-refractivity contribution is 5.92. The molecule has 1 aromatic heterocycles. The summed E-state index contributed by atoms with van der Waals surface area (Å²) in [5.74, 6) is -0.927. The van der Waals surface area contributed by atoms with Crippen molar-refractivity contribution in [3.05, 3.63) is 29.5 Å². The first-order valence-corrected chi connectivity index (χ1v) is 6.01. The van der Waals surface area contributed by atoms with Crippen LogP contribution in [0.2, 0.25) is 0 Å². The third-order valence-electron chi connectivity index (χ3n) is 2.59. The molecule has 0 aromatic carbocycles. The van der Waals surface area contributed by atoms with Crippen molar-refractivity contribution in [2.75, 3.05) is 6.61 Å². The molecule has 18 heavy (non-hydrogen) atoms. The van der Waals surface area contributed by atoms with Crippen LogP contribution < -0.4 is 4.74 Å². The zero-order chi connectivity index (χ0) is 13.5. The predicted molar refractivity (Wildman–Crippen MR) is 68.1 cm³/mol. The molecule has 0 unspecified atom stereocenters. The van der Waals surface area contributed by atoms with Gasteiger partial charge in [-0.25, -0.2) is 4.79 Å². The lowest BCUT2D eigenvalue weighted by molar-refractivity contribution is 0.0689. The van der Waals surface area contributed by atoms with E-state index in [9.17, 15) is 9.90 Å². The number of nitrogens with zero attached hydrogens (tertiary/aromatic N) is 2. The van der Waals surface area contributed by atoms with Crippen molar-refractivity contribution < 1.29 is 14.6 Å². The highest BCUT2D eigenvalue weighted by Gasteiger charge is 2.21. The molecule has 1 aromatic rings. The van der Waals surface area contributed by atoms with Gasteiger partial charge in [0.05, 0.1) is 12.3 Å². The van der Waals surface area contributed by atoms with E-state index in [1.165, 1.54) is 0 Å². The molecule has 1 N–H and O–H groups in total. The van der Waals surface area contributed by atoms with Crippen molar-refractivity contribution in [1.82, 2.24) is 10.2 Å². The molecule has 0 bridgehead atoms. The van der Waals surface area contributed by atoms with E-state index in [0.29, 0.717) is 37.1 Å². The van der Waals surface area contributed by atoms with Crippen LogP contribution in [0.5, 0.6) is 5.88 Å². The molecular weight excluding hydrogens is 232 g/mol. The van der Waals surface area contributed by atoms with Gasteiger partial charge in [0.15, 0.2) is 0 Å². The van der Waals surface area contributed by atoms with Gasteiger partial charge in [-0.05, 0) is 24.8 Å². The van der Waals surface area contributed by atoms with Crippen molar-refractivity contribution in [1.29, 1.82) is 0 Å². The molecule has 0 spiro atoms. The summed E-state index contributed by atoms with van der Waals surface area (Å²) in [4.78, 5) is 11.3. The average molecular weight is 250 g/mol. The van der Waals surface area contributed by atoms with Crippen molar-refractivity contribution in [2.24, 2.45) is 0 Å². The van der Waals surface area contributed by atoms with Crippen molar-refractivity contribution in [3.63, 3.8) is 0 Å². The zero-order valence-electron chi connectivity index (χ0n) is 10.8. The fourth-order valence-electron chi connectivity index (χ4n) is 1.71. The minimum absolute atomic E-state index is 0.0957. The van der Waals surface area contributed by atoms with E-state index < -0.39 is 5.97 Å². The molecule has 0 amide bonds. The van der Waals surface area contributed by atoms with Crippen molar-refractivity contribution in [2.45, 2.75) is 33.1 Å². The van der Waals surface area contributed by atoms with Gasteiger partial charge in [-0.2, -0.15) is 5.10 Å². The zero-order valence-corrected chi connectivity index (χ0v) is 10.8. The maximum absolute atomic E-state index is 11.3. The topological polar surface area (TPSA) is 72.3 Å². The van der Waals surface area contributed by atoms with Crippen LogP contribution in [0.25, 0.3) is 0 Å². The van der Waals surface area contributed by atoms with Crippen molar-refractivity contribution in [3.8, 4) is 5.88 Å². The van der Waals surface area contributed by atoms with Gasteiger partial charge in [-0.15, -0.1) is 11.7 Å². The summed E-state index contributed by atoms with van der Waals surface area (Å²) >= 11 is 0. The van der Waals surface area contributed by atoms with Gasteiger partial charge in [0.25, 0.3) is 0 Å². The van der Waals surface area contributed by atoms with E-state index in [-0.39, 0.29) is 11.4 Å². The van der Waals surface area contributed by atoms with E-state index in [1.807, 2.05) is 13.8 Å². The number of rotatable bonds is 7. The molecule has 5 heteroatoms. The number of aryl methyl sites for hydroxylation is 1. The standard InChI is InChI=1S/C13H18N2O3/c1-4-7-8-18-12-11(13(16)17)9(5-2)10(6-3)14-15-12/h4H,1,5-8H2,2-3H3,(H,16,17). The molecule has 5 nitrogen and oxygen atoms in total. The van der Waals surface area contributed by atoms with Crippen LogP contribution in [-0.4, -0.2) is 27.9 Å². The Balaban J connectivity index is 3.17. The fraction of sp³-hybridized carbons (Fsp3) is 0.462. The molecule has 1 heterocycles. The van der Waals surface area contributed by atoms with Crippen LogP contribution in [-0.2, 0) is 12.8 Å². The molecule has 98 valence electrons. The lowest BCUT2D eigenvalue weighted by Gasteiger charge is -2.12. The molecule has 1 rings (SSSR count). The molecular formula is C13H18N2O3. The fourth-order valence-corrected chi connectivity index (χ4v) is 1.71. The molecule has 0 aliphatic heterocycles. The second-order valence-electron chi connectivity index (χ2n) is 3.74. The molecule has 0 fully saturated rings. The SMILES string of the molecule is C=CCCOc1nnc(CC)c(CC)c1C(=O)O. The summed E-state index contributed by atoms with van der Waals surface area (Å²) in [6, 6.07) is 0. The number of ether oxygens (including phenoxy) is 1. The number of hydrogen-bond donors (Lipinski definition) is 1. The monoisotopic (exact) mass is 250 g/mol. The van der Waals surface area contributed by atoms with Crippen molar-refractivity contribution >= 4 is 5.97 Å². The Morgan fingerprint density at radius 1 is 1.39 bits per heavy atom. The first-order chi connectivity index (χ1) is 8.65. The summed E-state index contributed by atoms with van der Waals surface area (Å²) in [5.41, 5.74) is 1.55. The van der Waals surface area contributed by atoms with Gasteiger partial charge in [0, 0.05) is 0 Å².